The van der Waals surface area contributed by atoms with Crippen LogP contribution in [0.2, 0.25) is 0 Å². The molecule has 2 amide bonds. The second-order valence-corrected chi connectivity index (χ2v) is 7.81. The van der Waals surface area contributed by atoms with Gasteiger partial charge in [0.05, 0.1) is 0 Å². The smallest absolute Gasteiger partial charge is 0.267 e. The highest BCUT2D eigenvalue weighted by Crippen LogP contribution is 2.36. The zero-order valence-electron chi connectivity index (χ0n) is 13.7. The standard InChI is InChI=1S/C18H18N2O4S/c1-19-17(21)14-8-5-9-15(12-14)18(22)20-11-10-16(25(20,23)24)13-6-3-2-4-7-13/h2-9,12,16H,10-11H2,1H3,(H,19,21). The monoisotopic (exact) mass is 358 g/mol. The molecule has 1 N–H and O–H groups in total. The molecule has 0 aliphatic carbocycles. The Labute approximate surface area is 146 Å². The lowest BCUT2D eigenvalue weighted by molar-refractivity contribution is 0.0870. The molecule has 1 saturated heterocycles. The van der Waals surface area contributed by atoms with Gasteiger partial charge >= 0.3 is 0 Å². The van der Waals surface area contributed by atoms with E-state index in [1.165, 1.54) is 19.2 Å². The van der Waals surface area contributed by atoms with Crippen molar-refractivity contribution < 1.29 is 18.0 Å². The van der Waals surface area contributed by atoms with Crippen LogP contribution in [0, 0.1) is 0 Å². The van der Waals surface area contributed by atoms with Gasteiger partial charge in [-0.1, -0.05) is 36.4 Å². The van der Waals surface area contributed by atoms with Crippen molar-refractivity contribution >= 4 is 21.8 Å². The molecule has 25 heavy (non-hydrogen) atoms. The number of amides is 2. The lowest BCUT2D eigenvalue weighted by atomic mass is 10.1. The van der Waals surface area contributed by atoms with Gasteiger partial charge in [-0.3, -0.25) is 9.59 Å². The second-order valence-electron chi connectivity index (χ2n) is 5.77. The molecule has 1 aliphatic rings. The van der Waals surface area contributed by atoms with Crippen molar-refractivity contribution in [2.24, 2.45) is 0 Å². The molecule has 1 unspecified atom stereocenters. The minimum Gasteiger partial charge on any atom is -0.355 e. The van der Waals surface area contributed by atoms with Crippen molar-refractivity contribution in [3.8, 4) is 0 Å². The van der Waals surface area contributed by atoms with E-state index in [2.05, 4.69) is 5.32 Å². The molecule has 1 atom stereocenters. The number of rotatable bonds is 3. The largest absolute Gasteiger partial charge is 0.355 e. The van der Waals surface area contributed by atoms with Gasteiger partial charge in [0, 0.05) is 24.7 Å². The van der Waals surface area contributed by atoms with Gasteiger partial charge in [0.1, 0.15) is 5.25 Å². The highest BCUT2D eigenvalue weighted by atomic mass is 32.2. The van der Waals surface area contributed by atoms with Crippen LogP contribution in [0.5, 0.6) is 0 Å². The maximum atomic E-state index is 12.8. The third-order valence-corrected chi connectivity index (χ3v) is 6.45. The Balaban J connectivity index is 1.90. The summed E-state index contributed by atoms with van der Waals surface area (Å²) in [5.74, 6) is -0.940. The van der Waals surface area contributed by atoms with E-state index in [1.54, 1.807) is 36.4 Å². The molecule has 2 aromatic carbocycles. The summed E-state index contributed by atoms with van der Waals surface area (Å²) >= 11 is 0. The van der Waals surface area contributed by atoms with Crippen molar-refractivity contribution in [2.75, 3.05) is 13.6 Å². The Hall–Kier alpha value is -2.67. The van der Waals surface area contributed by atoms with Gasteiger partial charge in [-0.05, 0) is 30.2 Å². The number of hydrogen-bond donors (Lipinski definition) is 1. The summed E-state index contributed by atoms with van der Waals surface area (Å²) in [4.78, 5) is 24.4. The van der Waals surface area contributed by atoms with Crippen LogP contribution in [0.1, 0.15) is 38.0 Å². The average Bonchev–Trinajstić information content (AvgIpc) is 2.96. The highest BCUT2D eigenvalue weighted by Gasteiger charge is 2.42. The Bertz CT molecular complexity index is 910. The quantitative estimate of drug-likeness (QED) is 0.909. The van der Waals surface area contributed by atoms with Crippen LogP contribution < -0.4 is 5.32 Å². The lowest BCUT2D eigenvalue weighted by Gasteiger charge is -2.17. The number of carbonyl (C=O) groups is 2. The van der Waals surface area contributed by atoms with E-state index < -0.39 is 21.2 Å². The minimum atomic E-state index is -3.78. The normalized spacial score (nSPS) is 18.8. The SMILES string of the molecule is CNC(=O)c1cccc(C(=O)N2CCC(c3ccccc3)S2(=O)=O)c1. The fourth-order valence-electron chi connectivity index (χ4n) is 2.97. The summed E-state index contributed by atoms with van der Waals surface area (Å²) < 4.78 is 26.5. The molecule has 0 radical (unpaired) electrons. The topological polar surface area (TPSA) is 83.6 Å². The summed E-state index contributed by atoms with van der Waals surface area (Å²) in [6.45, 7) is 0.130. The van der Waals surface area contributed by atoms with E-state index >= 15 is 0 Å². The van der Waals surface area contributed by atoms with Gasteiger partial charge in [-0.2, -0.15) is 0 Å². The zero-order valence-corrected chi connectivity index (χ0v) is 14.5. The lowest BCUT2D eigenvalue weighted by Crippen LogP contribution is -2.33. The Morgan fingerprint density at radius 2 is 1.72 bits per heavy atom. The molecule has 6 nitrogen and oxygen atoms in total. The van der Waals surface area contributed by atoms with Crippen LogP contribution in [-0.2, 0) is 10.0 Å². The molecule has 0 saturated carbocycles. The van der Waals surface area contributed by atoms with E-state index in [0.717, 1.165) is 4.31 Å². The summed E-state index contributed by atoms with van der Waals surface area (Å²) in [5, 5.41) is 1.76. The van der Waals surface area contributed by atoms with Crippen molar-refractivity contribution in [1.29, 1.82) is 0 Å². The fourth-order valence-corrected chi connectivity index (χ4v) is 4.88. The van der Waals surface area contributed by atoms with Crippen molar-refractivity contribution in [2.45, 2.75) is 11.7 Å². The molecule has 130 valence electrons. The van der Waals surface area contributed by atoms with Crippen LogP contribution in [0.15, 0.2) is 54.6 Å². The average molecular weight is 358 g/mol. The van der Waals surface area contributed by atoms with Crippen LogP contribution in [0.25, 0.3) is 0 Å². The predicted molar refractivity (Wildman–Crippen MR) is 93.6 cm³/mol. The molecule has 0 bridgehead atoms. The molecule has 1 fully saturated rings. The van der Waals surface area contributed by atoms with E-state index in [1.807, 2.05) is 6.07 Å². The first kappa shape index (κ1) is 17.2. The third kappa shape index (κ3) is 3.15. The Morgan fingerprint density at radius 3 is 2.40 bits per heavy atom. The van der Waals surface area contributed by atoms with Crippen molar-refractivity contribution in [3.05, 3.63) is 71.3 Å². The molecular formula is C18H18N2O4S. The van der Waals surface area contributed by atoms with Gasteiger partial charge in [0.25, 0.3) is 11.8 Å². The molecule has 3 rings (SSSR count). The van der Waals surface area contributed by atoms with Gasteiger partial charge in [0.15, 0.2) is 0 Å². The number of nitrogens with zero attached hydrogens (tertiary/aromatic N) is 1. The Morgan fingerprint density at radius 1 is 1.04 bits per heavy atom. The first-order valence-corrected chi connectivity index (χ1v) is 9.38. The number of carbonyl (C=O) groups excluding carboxylic acids is 2. The second kappa shape index (κ2) is 6.68. The molecular weight excluding hydrogens is 340 g/mol. The van der Waals surface area contributed by atoms with Crippen molar-refractivity contribution in [3.63, 3.8) is 0 Å². The van der Waals surface area contributed by atoms with Crippen LogP contribution in [0.3, 0.4) is 0 Å². The number of nitrogens with one attached hydrogen (secondary N) is 1. The maximum Gasteiger partial charge on any atom is 0.267 e. The number of hydrogen-bond acceptors (Lipinski definition) is 4. The summed E-state index contributed by atoms with van der Waals surface area (Å²) in [7, 11) is -2.29. The molecule has 0 spiro atoms. The highest BCUT2D eigenvalue weighted by molar-refractivity contribution is 7.90. The Kier molecular flexibility index (Phi) is 4.59. The first-order valence-electron chi connectivity index (χ1n) is 7.88. The van der Waals surface area contributed by atoms with Gasteiger partial charge in [0.2, 0.25) is 10.0 Å². The molecule has 1 aliphatic heterocycles. The van der Waals surface area contributed by atoms with Gasteiger partial charge in [-0.25, -0.2) is 12.7 Å². The minimum absolute atomic E-state index is 0.130. The van der Waals surface area contributed by atoms with Crippen LogP contribution in [0.4, 0.5) is 0 Å². The van der Waals surface area contributed by atoms with E-state index in [4.69, 9.17) is 0 Å². The van der Waals surface area contributed by atoms with E-state index in [0.29, 0.717) is 17.5 Å². The van der Waals surface area contributed by atoms with Gasteiger partial charge in [-0.15, -0.1) is 0 Å². The number of benzene rings is 2. The predicted octanol–water partition coefficient (Wildman–Crippen LogP) is 1.96. The van der Waals surface area contributed by atoms with E-state index in [9.17, 15) is 18.0 Å². The summed E-state index contributed by atoms with van der Waals surface area (Å²) in [5.41, 5.74) is 1.17. The molecule has 0 aromatic heterocycles. The van der Waals surface area contributed by atoms with Crippen LogP contribution in [-0.4, -0.2) is 38.1 Å². The first-order chi connectivity index (χ1) is 11.9. The maximum absolute atomic E-state index is 12.8. The summed E-state index contributed by atoms with van der Waals surface area (Å²) in [6, 6.07) is 14.9. The van der Waals surface area contributed by atoms with Crippen LogP contribution >= 0.6 is 0 Å². The fraction of sp³-hybridized carbons (Fsp3) is 0.222. The summed E-state index contributed by atoms with van der Waals surface area (Å²) in [6.07, 6.45) is 0.354. The van der Waals surface area contributed by atoms with Crippen molar-refractivity contribution in [1.82, 2.24) is 9.62 Å². The van der Waals surface area contributed by atoms with Gasteiger partial charge < -0.3 is 5.32 Å². The molecule has 7 heteroatoms. The van der Waals surface area contributed by atoms with E-state index in [-0.39, 0.29) is 18.0 Å². The zero-order chi connectivity index (χ0) is 18.0. The molecule has 1 heterocycles. The number of sulfonamides is 1. The third-order valence-electron chi connectivity index (χ3n) is 4.26. The molecule has 2 aromatic rings.